The minimum absolute atomic E-state index is 0.465. The maximum Gasteiger partial charge on any atom is 0.140 e. The van der Waals surface area contributed by atoms with Crippen LogP contribution in [0.25, 0.3) is 10.9 Å². The van der Waals surface area contributed by atoms with Crippen LogP contribution < -0.4 is 10.5 Å². The van der Waals surface area contributed by atoms with Gasteiger partial charge in [-0.1, -0.05) is 18.2 Å². The van der Waals surface area contributed by atoms with E-state index >= 15 is 0 Å². The SMILES string of the molecule is C=C(C)N.COc1ccc2c(Cl)ncnc2c1. The van der Waals surface area contributed by atoms with Crippen LogP contribution in [-0.2, 0) is 0 Å². The molecule has 0 aliphatic heterocycles. The third-order valence-electron chi connectivity index (χ3n) is 1.80. The monoisotopic (exact) mass is 251 g/mol. The van der Waals surface area contributed by atoms with E-state index in [0.29, 0.717) is 10.9 Å². The molecule has 2 N–H and O–H groups in total. The van der Waals surface area contributed by atoms with Crippen molar-refractivity contribution in [2.75, 3.05) is 7.11 Å². The zero-order valence-corrected chi connectivity index (χ0v) is 10.5. The van der Waals surface area contributed by atoms with Gasteiger partial charge < -0.3 is 10.5 Å². The second kappa shape index (κ2) is 6.06. The van der Waals surface area contributed by atoms with E-state index in [1.165, 1.54) is 6.33 Å². The number of hydrogen-bond acceptors (Lipinski definition) is 4. The maximum absolute atomic E-state index is 5.86. The highest BCUT2D eigenvalue weighted by atomic mass is 35.5. The highest BCUT2D eigenvalue weighted by Gasteiger charge is 2.01. The molecule has 0 atom stereocenters. The van der Waals surface area contributed by atoms with E-state index in [1.54, 1.807) is 14.0 Å². The van der Waals surface area contributed by atoms with Gasteiger partial charge in [-0.3, -0.25) is 0 Å². The predicted molar refractivity (Wildman–Crippen MR) is 70.1 cm³/mol. The van der Waals surface area contributed by atoms with Crippen LogP contribution in [0.4, 0.5) is 0 Å². The lowest BCUT2D eigenvalue weighted by atomic mass is 10.2. The van der Waals surface area contributed by atoms with E-state index in [1.807, 2.05) is 18.2 Å². The molecule has 0 unspecified atom stereocenters. The molecule has 1 heterocycles. The molecule has 17 heavy (non-hydrogen) atoms. The number of benzene rings is 1. The average molecular weight is 252 g/mol. The predicted octanol–water partition coefficient (Wildman–Crippen LogP) is 2.77. The number of allylic oxidation sites excluding steroid dienone is 1. The molecule has 2 aromatic rings. The number of methoxy groups -OCH3 is 1. The number of hydrogen-bond donors (Lipinski definition) is 1. The largest absolute Gasteiger partial charge is 0.497 e. The fourth-order valence-electron chi connectivity index (χ4n) is 1.13. The van der Waals surface area contributed by atoms with Gasteiger partial charge >= 0.3 is 0 Å². The van der Waals surface area contributed by atoms with Crippen molar-refractivity contribution in [1.82, 2.24) is 9.97 Å². The Labute approximate surface area is 105 Å². The minimum atomic E-state index is 0.465. The van der Waals surface area contributed by atoms with Gasteiger partial charge in [-0.15, -0.1) is 0 Å². The lowest BCUT2D eigenvalue weighted by Crippen LogP contribution is -1.86. The summed E-state index contributed by atoms with van der Waals surface area (Å²) in [6, 6.07) is 5.50. The molecular formula is C12H14ClN3O. The Balaban J connectivity index is 0.000000317. The van der Waals surface area contributed by atoms with E-state index in [0.717, 1.165) is 16.7 Å². The minimum Gasteiger partial charge on any atom is -0.497 e. The van der Waals surface area contributed by atoms with Crippen LogP contribution in [0.2, 0.25) is 5.15 Å². The summed E-state index contributed by atoms with van der Waals surface area (Å²) >= 11 is 5.86. The molecule has 0 aliphatic carbocycles. The first-order valence-corrected chi connectivity index (χ1v) is 5.27. The molecule has 0 spiro atoms. The third-order valence-corrected chi connectivity index (χ3v) is 2.10. The van der Waals surface area contributed by atoms with Crippen LogP contribution in [0, 0.1) is 0 Å². The van der Waals surface area contributed by atoms with Crippen molar-refractivity contribution in [3.05, 3.63) is 42.0 Å². The number of aromatic nitrogens is 2. The first-order valence-electron chi connectivity index (χ1n) is 4.90. The molecule has 5 heteroatoms. The van der Waals surface area contributed by atoms with Crippen molar-refractivity contribution < 1.29 is 4.74 Å². The number of fused-ring (bicyclic) bond motifs is 1. The van der Waals surface area contributed by atoms with Gasteiger partial charge in [0.15, 0.2) is 0 Å². The van der Waals surface area contributed by atoms with Crippen LogP contribution in [-0.4, -0.2) is 17.1 Å². The topological polar surface area (TPSA) is 61.0 Å². The summed E-state index contributed by atoms with van der Waals surface area (Å²) in [6.45, 7) is 5.08. The lowest BCUT2D eigenvalue weighted by molar-refractivity contribution is 0.415. The molecule has 90 valence electrons. The van der Waals surface area contributed by atoms with E-state index in [-0.39, 0.29) is 0 Å². The Kier molecular flexibility index (Phi) is 4.72. The summed E-state index contributed by atoms with van der Waals surface area (Å²) in [5, 5.41) is 1.30. The summed E-state index contributed by atoms with van der Waals surface area (Å²) in [4.78, 5) is 7.95. The summed E-state index contributed by atoms with van der Waals surface area (Å²) in [7, 11) is 1.62. The summed E-state index contributed by atoms with van der Waals surface area (Å²) in [5.41, 5.74) is 6.37. The molecule has 1 aromatic carbocycles. The Morgan fingerprint density at radius 1 is 1.41 bits per heavy atom. The van der Waals surface area contributed by atoms with Crippen LogP contribution in [0.3, 0.4) is 0 Å². The van der Waals surface area contributed by atoms with Gasteiger partial charge in [0.2, 0.25) is 0 Å². The van der Waals surface area contributed by atoms with Crippen molar-refractivity contribution in [1.29, 1.82) is 0 Å². The zero-order chi connectivity index (χ0) is 12.8. The Bertz CT molecular complexity index is 524. The van der Waals surface area contributed by atoms with Crippen LogP contribution in [0.5, 0.6) is 5.75 Å². The van der Waals surface area contributed by atoms with Gasteiger partial charge in [-0.05, 0) is 24.8 Å². The van der Waals surface area contributed by atoms with Crippen LogP contribution >= 0.6 is 11.6 Å². The number of nitrogens with two attached hydrogens (primary N) is 1. The van der Waals surface area contributed by atoms with Crippen LogP contribution in [0.15, 0.2) is 36.8 Å². The normalized spacial score (nSPS) is 9.35. The van der Waals surface area contributed by atoms with E-state index in [2.05, 4.69) is 16.5 Å². The second-order valence-corrected chi connectivity index (χ2v) is 3.75. The zero-order valence-electron chi connectivity index (χ0n) is 9.77. The molecule has 0 aliphatic rings. The summed E-state index contributed by atoms with van der Waals surface area (Å²) in [5.74, 6) is 0.766. The molecule has 0 fully saturated rings. The van der Waals surface area contributed by atoms with Crippen molar-refractivity contribution in [2.24, 2.45) is 5.73 Å². The average Bonchev–Trinajstić information content (AvgIpc) is 2.28. The number of halogens is 1. The van der Waals surface area contributed by atoms with Gasteiger partial charge in [0, 0.05) is 11.5 Å². The highest BCUT2D eigenvalue weighted by molar-refractivity contribution is 6.34. The van der Waals surface area contributed by atoms with Crippen molar-refractivity contribution in [3.63, 3.8) is 0 Å². The molecular weight excluding hydrogens is 238 g/mol. The standard InChI is InChI=1S/C9H7ClN2O.C3H7N/c1-13-6-2-3-7-8(4-6)11-5-12-9(7)10;1-3(2)4/h2-5H,1H3;1,4H2,2H3. The molecule has 0 saturated heterocycles. The molecule has 0 saturated carbocycles. The Morgan fingerprint density at radius 3 is 2.65 bits per heavy atom. The molecule has 2 rings (SSSR count). The quantitative estimate of drug-likeness (QED) is 0.792. The first kappa shape index (κ1) is 13.3. The fraction of sp³-hybridized carbons (Fsp3) is 0.167. The Hall–Kier alpha value is -1.81. The van der Waals surface area contributed by atoms with Gasteiger partial charge in [0.05, 0.1) is 12.6 Å². The van der Waals surface area contributed by atoms with Crippen LogP contribution in [0.1, 0.15) is 6.92 Å². The van der Waals surface area contributed by atoms with E-state index in [9.17, 15) is 0 Å². The Morgan fingerprint density at radius 2 is 2.06 bits per heavy atom. The molecule has 0 bridgehead atoms. The number of nitrogens with zero attached hydrogens (tertiary/aromatic N) is 2. The van der Waals surface area contributed by atoms with Crippen molar-refractivity contribution in [2.45, 2.75) is 6.92 Å². The smallest absolute Gasteiger partial charge is 0.140 e. The molecule has 1 aromatic heterocycles. The number of rotatable bonds is 1. The third kappa shape index (κ3) is 3.92. The van der Waals surface area contributed by atoms with Gasteiger partial charge in [-0.25, -0.2) is 9.97 Å². The van der Waals surface area contributed by atoms with E-state index in [4.69, 9.17) is 22.1 Å². The van der Waals surface area contributed by atoms with Crippen molar-refractivity contribution >= 4 is 22.5 Å². The van der Waals surface area contributed by atoms with Gasteiger partial charge in [-0.2, -0.15) is 0 Å². The van der Waals surface area contributed by atoms with E-state index < -0.39 is 0 Å². The fourth-order valence-corrected chi connectivity index (χ4v) is 1.33. The molecule has 0 amide bonds. The van der Waals surface area contributed by atoms with Gasteiger partial charge in [0.1, 0.15) is 17.2 Å². The lowest BCUT2D eigenvalue weighted by Gasteiger charge is -2.01. The summed E-state index contributed by atoms with van der Waals surface area (Å²) < 4.78 is 5.06. The highest BCUT2D eigenvalue weighted by Crippen LogP contribution is 2.22. The van der Waals surface area contributed by atoms with Gasteiger partial charge in [0.25, 0.3) is 0 Å². The molecule has 0 radical (unpaired) electrons. The second-order valence-electron chi connectivity index (χ2n) is 3.39. The summed E-state index contributed by atoms with van der Waals surface area (Å²) in [6.07, 6.45) is 1.43. The first-order chi connectivity index (χ1) is 8.04. The maximum atomic E-state index is 5.86. The number of ether oxygens (including phenoxy) is 1. The van der Waals surface area contributed by atoms with Crippen molar-refractivity contribution in [3.8, 4) is 5.75 Å². The molecule has 4 nitrogen and oxygen atoms in total.